The number of rotatable bonds is 8. The maximum absolute atomic E-state index is 10.7. The third-order valence-electron chi connectivity index (χ3n) is 2.17. The van der Waals surface area contributed by atoms with Crippen molar-refractivity contribution >= 4 is 5.91 Å². The van der Waals surface area contributed by atoms with Crippen molar-refractivity contribution in [3.8, 4) is 0 Å². The van der Waals surface area contributed by atoms with Gasteiger partial charge in [-0.15, -0.1) is 0 Å². The Labute approximate surface area is 94.8 Å². The van der Waals surface area contributed by atoms with Gasteiger partial charge in [0.15, 0.2) is 0 Å². The van der Waals surface area contributed by atoms with E-state index < -0.39 is 0 Å². The second kappa shape index (κ2) is 6.97. The first-order chi connectivity index (χ1) is 7.74. The van der Waals surface area contributed by atoms with Crippen LogP contribution in [-0.2, 0) is 22.6 Å². The molecule has 0 aliphatic rings. The summed E-state index contributed by atoms with van der Waals surface area (Å²) in [5, 5.41) is 3.19. The molecule has 0 aliphatic carbocycles. The number of ether oxygens (including phenoxy) is 1. The Morgan fingerprint density at radius 3 is 3.19 bits per heavy atom. The van der Waals surface area contributed by atoms with Crippen LogP contribution in [0.15, 0.2) is 12.4 Å². The molecule has 1 aromatic heterocycles. The second-order valence-electron chi connectivity index (χ2n) is 3.42. The molecule has 0 atom stereocenters. The Bertz CT molecular complexity index is 324. The standard InChI is InChI=1S/C10H18N4O2/c1-16-7-4-12-8-10-13-3-6-14(10)5-2-9(11)15/h3,6,12H,2,4-5,7-8H2,1H3,(H2,11,15). The van der Waals surface area contributed by atoms with Gasteiger partial charge in [-0.2, -0.15) is 0 Å². The predicted octanol–water partition coefficient (Wildman–Crippen LogP) is -0.505. The number of primary amides is 1. The average molecular weight is 226 g/mol. The van der Waals surface area contributed by atoms with Crippen LogP contribution >= 0.6 is 0 Å². The van der Waals surface area contributed by atoms with Crippen molar-refractivity contribution in [3.63, 3.8) is 0 Å². The Hall–Kier alpha value is -1.40. The summed E-state index contributed by atoms with van der Waals surface area (Å²) in [6, 6.07) is 0. The molecule has 0 unspecified atom stereocenters. The fourth-order valence-corrected chi connectivity index (χ4v) is 1.32. The molecule has 0 aromatic carbocycles. The van der Waals surface area contributed by atoms with Gasteiger partial charge >= 0.3 is 0 Å². The van der Waals surface area contributed by atoms with Crippen LogP contribution in [0.4, 0.5) is 0 Å². The van der Waals surface area contributed by atoms with Gasteiger partial charge in [-0.3, -0.25) is 4.79 Å². The second-order valence-corrected chi connectivity index (χ2v) is 3.42. The molecule has 0 saturated carbocycles. The van der Waals surface area contributed by atoms with Gasteiger partial charge in [0.2, 0.25) is 5.91 Å². The summed E-state index contributed by atoms with van der Waals surface area (Å²) in [5.41, 5.74) is 5.09. The summed E-state index contributed by atoms with van der Waals surface area (Å²) in [6.45, 7) is 2.69. The maximum Gasteiger partial charge on any atom is 0.219 e. The largest absolute Gasteiger partial charge is 0.383 e. The number of amides is 1. The van der Waals surface area contributed by atoms with Gasteiger partial charge in [-0.1, -0.05) is 0 Å². The third kappa shape index (κ3) is 4.41. The monoisotopic (exact) mass is 226 g/mol. The van der Waals surface area contributed by atoms with Crippen molar-refractivity contribution in [3.05, 3.63) is 18.2 Å². The number of nitrogens with zero attached hydrogens (tertiary/aromatic N) is 2. The quantitative estimate of drug-likeness (QED) is 0.585. The van der Waals surface area contributed by atoms with E-state index in [1.165, 1.54) is 0 Å². The third-order valence-corrected chi connectivity index (χ3v) is 2.17. The number of aryl methyl sites for hydroxylation is 1. The number of imidazole rings is 1. The molecule has 0 radical (unpaired) electrons. The number of carbonyl (C=O) groups is 1. The van der Waals surface area contributed by atoms with E-state index in [0.717, 1.165) is 12.4 Å². The summed E-state index contributed by atoms with van der Waals surface area (Å²) in [6.07, 6.45) is 3.89. The number of nitrogens with two attached hydrogens (primary N) is 1. The van der Waals surface area contributed by atoms with Gasteiger partial charge in [0.1, 0.15) is 5.82 Å². The number of methoxy groups -OCH3 is 1. The molecular weight excluding hydrogens is 208 g/mol. The van der Waals surface area contributed by atoms with Gasteiger partial charge < -0.3 is 20.4 Å². The highest BCUT2D eigenvalue weighted by atomic mass is 16.5. The normalized spacial score (nSPS) is 10.6. The number of hydrogen-bond acceptors (Lipinski definition) is 4. The van der Waals surface area contributed by atoms with Crippen LogP contribution in [0.2, 0.25) is 0 Å². The van der Waals surface area contributed by atoms with Gasteiger partial charge in [-0.05, 0) is 0 Å². The number of carbonyl (C=O) groups excluding carboxylic acids is 1. The van der Waals surface area contributed by atoms with Crippen LogP contribution in [0, 0.1) is 0 Å². The highest BCUT2D eigenvalue weighted by molar-refractivity contribution is 5.73. The van der Waals surface area contributed by atoms with Crippen LogP contribution in [-0.4, -0.2) is 35.7 Å². The van der Waals surface area contributed by atoms with Crippen molar-refractivity contribution in [2.24, 2.45) is 5.73 Å². The fraction of sp³-hybridized carbons (Fsp3) is 0.600. The van der Waals surface area contributed by atoms with Crippen molar-refractivity contribution in [2.75, 3.05) is 20.3 Å². The van der Waals surface area contributed by atoms with E-state index in [-0.39, 0.29) is 5.91 Å². The Balaban J connectivity index is 2.35. The summed E-state index contributed by atoms with van der Waals surface area (Å²) in [4.78, 5) is 14.9. The topological polar surface area (TPSA) is 82.2 Å². The molecule has 0 spiro atoms. The molecule has 3 N–H and O–H groups in total. The van der Waals surface area contributed by atoms with Gasteiger partial charge in [-0.25, -0.2) is 4.98 Å². The molecular formula is C10H18N4O2. The van der Waals surface area contributed by atoms with Crippen LogP contribution in [0.5, 0.6) is 0 Å². The molecule has 1 heterocycles. The number of aromatic nitrogens is 2. The first kappa shape index (κ1) is 12.7. The van der Waals surface area contributed by atoms with Crippen LogP contribution in [0.25, 0.3) is 0 Å². The number of nitrogens with one attached hydrogen (secondary N) is 1. The molecule has 0 aliphatic heterocycles. The Morgan fingerprint density at radius 1 is 1.69 bits per heavy atom. The van der Waals surface area contributed by atoms with E-state index in [4.69, 9.17) is 10.5 Å². The molecule has 0 fully saturated rings. The van der Waals surface area contributed by atoms with Crippen molar-refractivity contribution < 1.29 is 9.53 Å². The lowest BCUT2D eigenvalue weighted by Crippen LogP contribution is -2.22. The summed E-state index contributed by atoms with van der Waals surface area (Å²) in [5.74, 6) is 0.601. The molecule has 0 saturated heterocycles. The smallest absolute Gasteiger partial charge is 0.219 e. The van der Waals surface area contributed by atoms with Crippen LogP contribution in [0.1, 0.15) is 12.2 Å². The molecule has 0 bridgehead atoms. The lowest BCUT2D eigenvalue weighted by atomic mass is 10.4. The minimum atomic E-state index is -0.299. The zero-order valence-corrected chi connectivity index (χ0v) is 9.48. The Kier molecular flexibility index (Phi) is 5.52. The van der Waals surface area contributed by atoms with Gasteiger partial charge in [0.25, 0.3) is 0 Å². The highest BCUT2D eigenvalue weighted by Gasteiger charge is 2.03. The van der Waals surface area contributed by atoms with Crippen molar-refractivity contribution in [1.29, 1.82) is 0 Å². The van der Waals surface area contributed by atoms with Crippen molar-refractivity contribution in [2.45, 2.75) is 19.5 Å². The lowest BCUT2D eigenvalue weighted by molar-refractivity contribution is -0.118. The van der Waals surface area contributed by atoms with E-state index in [2.05, 4.69) is 10.3 Å². The summed E-state index contributed by atoms with van der Waals surface area (Å²) in [7, 11) is 1.66. The average Bonchev–Trinajstić information content (AvgIpc) is 2.69. The lowest BCUT2D eigenvalue weighted by Gasteiger charge is -2.07. The Morgan fingerprint density at radius 2 is 2.50 bits per heavy atom. The van der Waals surface area contributed by atoms with E-state index in [1.807, 2.05) is 10.8 Å². The molecule has 6 heteroatoms. The first-order valence-corrected chi connectivity index (χ1v) is 5.22. The molecule has 16 heavy (non-hydrogen) atoms. The molecule has 1 amide bonds. The molecule has 6 nitrogen and oxygen atoms in total. The molecule has 1 aromatic rings. The fourth-order valence-electron chi connectivity index (χ4n) is 1.32. The highest BCUT2D eigenvalue weighted by Crippen LogP contribution is 1.98. The predicted molar refractivity (Wildman–Crippen MR) is 59.6 cm³/mol. The van der Waals surface area contributed by atoms with Gasteiger partial charge in [0, 0.05) is 39.0 Å². The van der Waals surface area contributed by atoms with E-state index >= 15 is 0 Å². The maximum atomic E-state index is 10.7. The number of hydrogen-bond donors (Lipinski definition) is 2. The zero-order valence-electron chi connectivity index (χ0n) is 9.48. The van der Waals surface area contributed by atoms with E-state index in [9.17, 15) is 4.79 Å². The zero-order chi connectivity index (χ0) is 11.8. The summed E-state index contributed by atoms with van der Waals surface area (Å²) < 4.78 is 6.84. The van der Waals surface area contributed by atoms with Crippen molar-refractivity contribution in [1.82, 2.24) is 14.9 Å². The SMILES string of the molecule is COCCNCc1nccn1CCC(N)=O. The molecule has 1 rings (SSSR count). The van der Waals surface area contributed by atoms with Crippen LogP contribution < -0.4 is 11.1 Å². The van der Waals surface area contributed by atoms with E-state index in [0.29, 0.717) is 26.1 Å². The first-order valence-electron chi connectivity index (χ1n) is 5.22. The van der Waals surface area contributed by atoms with Gasteiger partial charge in [0.05, 0.1) is 13.2 Å². The van der Waals surface area contributed by atoms with Crippen LogP contribution in [0.3, 0.4) is 0 Å². The summed E-state index contributed by atoms with van der Waals surface area (Å²) >= 11 is 0. The minimum Gasteiger partial charge on any atom is -0.383 e. The van der Waals surface area contributed by atoms with E-state index in [1.54, 1.807) is 13.3 Å². The molecule has 90 valence electrons. The minimum absolute atomic E-state index is 0.299.